The Balaban J connectivity index is 1.75. The van der Waals surface area contributed by atoms with Crippen LogP contribution in [0.3, 0.4) is 0 Å². The van der Waals surface area contributed by atoms with Crippen molar-refractivity contribution >= 4 is 5.91 Å². The van der Waals surface area contributed by atoms with Crippen LogP contribution < -0.4 is 5.32 Å². The minimum atomic E-state index is 0.0239. The summed E-state index contributed by atoms with van der Waals surface area (Å²) in [6, 6.07) is 0.131. The van der Waals surface area contributed by atoms with Crippen LogP contribution in [0.4, 0.5) is 0 Å². The van der Waals surface area contributed by atoms with Gasteiger partial charge in [-0.2, -0.15) is 0 Å². The smallest absolute Gasteiger partial charge is 0.222 e. The van der Waals surface area contributed by atoms with Crippen molar-refractivity contribution in [2.24, 2.45) is 5.92 Å². The Morgan fingerprint density at radius 1 is 1.44 bits per heavy atom. The molecule has 1 aromatic rings. The van der Waals surface area contributed by atoms with Crippen LogP contribution in [0.25, 0.3) is 0 Å². The van der Waals surface area contributed by atoms with Crippen LogP contribution in [0.2, 0.25) is 0 Å². The van der Waals surface area contributed by atoms with E-state index in [1.165, 1.54) is 0 Å². The van der Waals surface area contributed by atoms with E-state index in [0.29, 0.717) is 13.0 Å². The van der Waals surface area contributed by atoms with E-state index in [1.54, 1.807) is 17.1 Å². The average Bonchev–Trinajstić information content (AvgIpc) is 2.90. The molecule has 6 heteroatoms. The van der Waals surface area contributed by atoms with Crippen LogP contribution in [0.15, 0.2) is 12.4 Å². The summed E-state index contributed by atoms with van der Waals surface area (Å²) < 4.78 is 1.64. The van der Waals surface area contributed by atoms with Gasteiger partial charge in [0, 0.05) is 31.2 Å². The quantitative estimate of drug-likeness (QED) is 0.791. The van der Waals surface area contributed by atoms with Crippen molar-refractivity contribution in [2.75, 3.05) is 6.61 Å². The molecule has 0 radical (unpaired) electrons. The van der Waals surface area contributed by atoms with E-state index in [9.17, 15) is 9.90 Å². The maximum Gasteiger partial charge on any atom is 0.222 e. The first-order valence-electron chi connectivity index (χ1n) is 6.54. The number of nitrogens with one attached hydrogen (secondary N) is 1. The molecule has 0 spiro atoms. The lowest BCUT2D eigenvalue weighted by molar-refractivity contribution is -0.122. The minimum Gasteiger partial charge on any atom is -0.396 e. The highest BCUT2D eigenvalue weighted by Crippen LogP contribution is 2.23. The van der Waals surface area contributed by atoms with Crippen LogP contribution in [-0.2, 0) is 11.3 Å². The number of hydrogen-bond donors (Lipinski definition) is 2. The molecule has 0 saturated heterocycles. The number of hydrogen-bond acceptors (Lipinski definition) is 4. The highest BCUT2D eigenvalue weighted by molar-refractivity contribution is 5.76. The van der Waals surface area contributed by atoms with Crippen molar-refractivity contribution in [1.29, 1.82) is 0 Å². The van der Waals surface area contributed by atoms with E-state index in [2.05, 4.69) is 15.6 Å². The fraction of sp³-hybridized carbons (Fsp3) is 0.750. The first-order chi connectivity index (χ1) is 8.79. The lowest BCUT2D eigenvalue weighted by Gasteiger charge is -2.30. The normalized spacial score (nSPS) is 23.8. The molecule has 1 aromatic heterocycles. The fourth-order valence-corrected chi connectivity index (χ4v) is 2.46. The van der Waals surface area contributed by atoms with Crippen molar-refractivity contribution in [3.8, 4) is 0 Å². The average molecular weight is 252 g/mol. The zero-order valence-corrected chi connectivity index (χ0v) is 10.5. The lowest BCUT2D eigenvalue weighted by Crippen LogP contribution is -2.43. The molecule has 2 atom stereocenters. The van der Waals surface area contributed by atoms with E-state index >= 15 is 0 Å². The van der Waals surface area contributed by atoms with Gasteiger partial charge in [-0.3, -0.25) is 9.48 Å². The first kappa shape index (κ1) is 13.0. The zero-order valence-electron chi connectivity index (χ0n) is 10.5. The van der Waals surface area contributed by atoms with Crippen LogP contribution in [0.5, 0.6) is 0 Å². The summed E-state index contributed by atoms with van der Waals surface area (Å²) in [5.74, 6) is 0.241. The largest absolute Gasteiger partial charge is 0.396 e. The summed E-state index contributed by atoms with van der Waals surface area (Å²) in [4.78, 5) is 11.8. The number of nitrogens with zero attached hydrogens (tertiary/aromatic N) is 3. The van der Waals surface area contributed by atoms with Crippen LogP contribution in [0.1, 0.15) is 32.1 Å². The Kier molecular flexibility index (Phi) is 4.69. The highest BCUT2D eigenvalue weighted by atomic mass is 16.3. The van der Waals surface area contributed by atoms with Crippen molar-refractivity contribution in [3.05, 3.63) is 12.4 Å². The summed E-state index contributed by atoms with van der Waals surface area (Å²) in [7, 11) is 0. The van der Waals surface area contributed by atoms with E-state index in [4.69, 9.17) is 0 Å². The Labute approximate surface area is 106 Å². The number of carbonyl (C=O) groups is 1. The molecule has 1 fully saturated rings. The molecule has 0 aromatic carbocycles. The number of aromatic nitrogens is 3. The molecule has 2 unspecified atom stereocenters. The van der Waals surface area contributed by atoms with Gasteiger partial charge in [-0.05, 0) is 12.8 Å². The lowest BCUT2D eigenvalue weighted by atomic mass is 9.85. The standard InChI is InChI=1S/C12H20N4O2/c17-9-10-3-1-2-4-11(10)14-12(18)5-7-16-8-6-13-15-16/h6,8,10-11,17H,1-5,7,9H2,(H,14,18). The molecule has 100 valence electrons. The number of rotatable bonds is 5. The predicted octanol–water partition coefficient (Wildman–Crippen LogP) is 0.335. The van der Waals surface area contributed by atoms with Crippen LogP contribution in [0, 0.1) is 5.92 Å². The van der Waals surface area contributed by atoms with Gasteiger partial charge in [-0.1, -0.05) is 18.1 Å². The Morgan fingerprint density at radius 3 is 3.00 bits per heavy atom. The molecule has 6 nitrogen and oxygen atoms in total. The summed E-state index contributed by atoms with van der Waals surface area (Å²) >= 11 is 0. The first-order valence-corrected chi connectivity index (χ1v) is 6.54. The monoisotopic (exact) mass is 252 g/mol. The second-order valence-corrected chi connectivity index (χ2v) is 4.82. The Hall–Kier alpha value is -1.43. The minimum absolute atomic E-state index is 0.0239. The van der Waals surface area contributed by atoms with Gasteiger partial charge in [0.25, 0.3) is 0 Å². The molecule has 1 saturated carbocycles. The summed E-state index contributed by atoms with van der Waals surface area (Å²) in [5.41, 5.74) is 0. The molecule has 1 aliphatic carbocycles. The van der Waals surface area contributed by atoms with Gasteiger partial charge in [0.05, 0.1) is 12.7 Å². The van der Waals surface area contributed by atoms with E-state index < -0.39 is 0 Å². The molecule has 18 heavy (non-hydrogen) atoms. The van der Waals surface area contributed by atoms with Crippen LogP contribution in [-0.4, -0.2) is 38.7 Å². The van der Waals surface area contributed by atoms with Crippen molar-refractivity contribution in [3.63, 3.8) is 0 Å². The van der Waals surface area contributed by atoms with Gasteiger partial charge in [0.1, 0.15) is 0 Å². The molecular weight excluding hydrogens is 232 g/mol. The van der Waals surface area contributed by atoms with Gasteiger partial charge in [-0.15, -0.1) is 5.10 Å². The summed E-state index contributed by atoms with van der Waals surface area (Å²) in [5, 5.41) is 19.8. The third-order valence-electron chi connectivity index (χ3n) is 3.53. The third kappa shape index (κ3) is 3.53. The summed E-state index contributed by atoms with van der Waals surface area (Å²) in [6.07, 6.45) is 8.00. The molecular formula is C12H20N4O2. The van der Waals surface area contributed by atoms with Crippen molar-refractivity contribution in [1.82, 2.24) is 20.3 Å². The van der Waals surface area contributed by atoms with Crippen LogP contribution >= 0.6 is 0 Å². The fourth-order valence-electron chi connectivity index (χ4n) is 2.46. The van der Waals surface area contributed by atoms with Crippen molar-refractivity contribution < 1.29 is 9.90 Å². The van der Waals surface area contributed by atoms with Crippen molar-refractivity contribution in [2.45, 2.75) is 44.7 Å². The molecule has 1 aliphatic rings. The molecule has 2 rings (SSSR count). The van der Waals surface area contributed by atoms with Gasteiger partial charge in [0.2, 0.25) is 5.91 Å². The van der Waals surface area contributed by atoms with E-state index in [1.807, 2.05) is 0 Å². The maximum absolute atomic E-state index is 11.8. The summed E-state index contributed by atoms with van der Waals surface area (Å²) in [6.45, 7) is 0.705. The van der Waals surface area contributed by atoms with E-state index in [-0.39, 0.29) is 24.5 Å². The Morgan fingerprint density at radius 2 is 2.28 bits per heavy atom. The SMILES string of the molecule is O=C(CCn1ccnn1)NC1CCCCC1CO. The Bertz CT molecular complexity index is 366. The molecule has 1 heterocycles. The molecule has 0 aliphatic heterocycles. The number of aryl methyl sites for hydroxylation is 1. The molecule has 1 amide bonds. The number of aliphatic hydroxyl groups is 1. The highest BCUT2D eigenvalue weighted by Gasteiger charge is 2.25. The number of carbonyl (C=O) groups excluding carboxylic acids is 1. The van der Waals surface area contributed by atoms with Gasteiger partial charge in [0.15, 0.2) is 0 Å². The van der Waals surface area contributed by atoms with Gasteiger partial charge >= 0.3 is 0 Å². The van der Waals surface area contributed by atoms with Gasteiger partial charge in [-0.25, -0.2) is 0 Å². The molecule has 0 bridgehead atoms. The zero-order chi connectivity index (χ0) is 12.8. The predicted molar refractivity (Wildman–Crippen MR) is 65.6 cm³/mol. The second kappa shape index (κ2) is 6.49. The van der Waals surface area contributed by atoms with E-state index in [0.717, 1.165) is 25.7 Å². The third-order valence-corrected chi connectivity index (χ3v) is 3.53. The number of aliphatic hydroxyl groups excluding tert-OH is 1. The second-order valence-electron chi connectivity index (χ2n) is 4.82. The number of amides is 1. The molecule has 2 N–H and O–H groups in total. The topological polar surface area (TPSA) is 80.0 Å². The maximum atomic E-state index is 11.8. The van der Waals surface area contributed by atoms with Gasteiger partial charge < -0.3 is 10.4 Å².